The van der Waals surface area contributed by atoms with Crippen LogP contribution in [0.3, 0.4) is 0 Å². The fraction of sp³-hybridized carbons (Fsp3) is 0.389. The molecule has 1 saturated heterocycles. The molecule has 0 radical (unpaired) electrons. The van der Waals surface area contributed by atoms with Crippen LogP contribution in [-0.4, -0.2) is 39.2 Å². The van der Waals surface area contributed by atoms with Gasteiger partial charge >= 0.3 is 0 Å². The van der Waals surface area contributed by atoms with Crippen LogP contribution in [0.25, 0.3) is 11.1 Å². The molecular weight excluding hydrogens is 302 g/mol. The number of nitrogens with one attached hydrogen (secondary N) is 1. The van der Waals surface area contributed by atoms with E-state index in [1.807, 2.05) is 13.8 Å². The minimum absolute atomic E-state index is 0.375. The summed E-state index contributed by atoms with van der Waals surface area (Å²) in [5.74, 6) is 1.53. The fourth-order valence-electron chi connectivity index (χ4n) is 3.33. The molecule has 0 amide bonds. The van der Waals surface area contributed by atoms with Crippen molar-refractivity contribution < 1.29 is 4.52 Å². The first-order valence-electron chi connectivity index (χ1n) is 8.32. The normalized spacial score (nSPS) is 18.3. The van der Waals surface area contributed by atoms with Crippen LogP contribution in [0.2, 0.25) is 0 Å². The number of fused-ring (bicyclic) bond motifs is 1. The van der Waals surface area contributed by atoms with E-state index in [4.69, 9.17) is 4.52 Å². The number of anilines is 1. The molecule has 6 heteroatoms. The van der Waals surface area contributed by atoms with E-state index >= 15 is 0 Å². The summed E-state index contributed by atoms with van der Waals surface area (Å²) in [6.45, 7) is 6.88. The molecule has 1 aliphatic heterocycles. The monoisotopic (exact) mass is 323 g/mol. The van der Waals surface area contributed by atoms with Crippen LogP contribution in [0.5, 0.6) is 0 Å². The molecule has 1 atom stereocenters. The first kappa shape index (κ1) is 15.1. The molecule has 1 aliphatic rings. The van der Waals surface area contributed by atoms with Crippen LogP contribution >= 0.6 is 0 Å². The number of likely N-dealkylation sites (tertiary alicyclic amines) is 1. The van der Waals surface area contributed by atoms with E-state index in [1.54, 1.807) is 0 Å². The van der Waals surface area contributed by atoms with Gasteiger partial charge in [-0.25, -0.2) is 4.98 Å². The third kappa shape index (κ3) is 2.97. The predicted octanol–water partition coefficient (Wildman–Crippen LogP) is 2.92. The van der Waals surface area contributed by atoms with Gasteiger partial charge in [0.15, 0.2) is 0 Å². The Morgan fingerprint density at radius 1 is 1.21 bits per heavy atom. The SMILES string of the molecule is Cc1nc(N[C@H]2CCN(Cc3ccccc3)C2)c2c(C)noc2n1. The van der Waals surface area contributed by atoms with Gasteiger partial charge in [0.2, 0.25) is 0 Å². The average molecular weight is 323 g/mol. The van der Waals surface area contributed by atoms with E-state index in [2.05, 4.69) is 55.7 Å². The highest BCUT2D eigenvalue weighted by Crippen LogP contribution is 2.26. The molecule has 124 valence electrons. The molecule has 0 spiro atoms. The summed E-state index contributed by atoms with van der Waals surface area (Å²) in [6.07, 6.45) is 1.10. The summed E-state index contributed by atoms with van der Waals surface area (Å²) in [7, 11) is 0. The van der Waals surface area contributed by atoms with Crippen molar-refractivity contribution in [1.82, 2.24) is 20.0 Å². The third-order valence-corrected chi connectivity index (χ3v) is 4.48. The van der Waals surface area contributed by atoms with E-state index in [-0.39, 0.29) is 0 Å². The van der Waals surface area contributed by atoms with Crippen LogP contribution in [0.1, 0.15) is 23.5 Å². The summed E-state index contributed by atoms with van der Waals surface area (Å²) in [5.41, 5.74) is 2.74. The minimum Gasteiger partial charge on any atom is -0.365 e. The van der Waals surface area contributed by atoms with Crippen LogP contribution in [0.15, 0.2) is 34.9 Å². The van der Waals surface area contributed by atoms with Crippen LogP contribution < -0.4 is 5.32 Å². The lowest BCUT2D eigenvalue weighted by molar-refractivity contribution is 0.328. The van der Waals surface area contributed by atoms with Gasteiger partial charge < -0.3 is 9.84 Å². The standard InChI is InChI=1S/C18H21N5O/c1-12-16-17(19-13(2)20-18(16)24-22-12)21-15-8-9-23(11-15)10-14-6-4-3-5-7-14/h3-7,15H,8-11H2,1-2H3,(H,19,20,21)/t15-/m0/s1. The third-order valence-electron chi connectivity index (χ3n) is 4.48. The van der Waals surface area contributed by atoms with Crippen LogP contribution in [0, 0.1) is 13.8 Å². The zero-order valence-corrected chi connectivity index (χ0v) is 14.0. The maximum Gasteiger partial charge on any atom is 0.263 e. The molecule has 4 rings (SSSR count). The van der Waals surface area contributed by atoms with Gasteiger partial charge in [0.05, 0.1) is 5.69 Å². The molecule has 6 nitrogen and oxygen atoms in total. The van der Waals surface area contributed by atoms with E-state index in [0.29, 0.717) is 17.6 Å². The number of hydrogen-bond donors (Lipinski definition) is 1. The van der Waals surface area contributed by atoms with Gasteiger partial charge in [-0.3, -0.25) is 4.90 Å². The molecule has 24 heavy (non-hydrogen) atoms. The molecule has 1 aromatic carbocycles. The molecule has 2 aromatic heterocycles. The predicted molar refractivity (Wildman–Crippen MR) is 92.8 cm³/mol. The Bertz CT molecular complexity index is 845. The molecule has 0 aliphatic carbocycles. The number of rotatable bonds is 4. The molecule has 0 saturated carbocycles. The van der Waals surface area contributed by atoms with Crippen molar-refractivity contribution in [2.75, 3.05) is 18.4 Å². The van der Waals surface area contributed by atoms with Crippen molar-refractivity contribution in [3.63, 3.8) is 0 Å². The van der Waals surface area contributed by atoms with E-state index in [1.165, 1.54) is 5.56 Å². The Labute approximate surface area is 140 Å². The highest BCUT2D eigenvalue weighted by atomic mass is 16.5. The molecule has 0 unspecified atom stereocenters. The van der Waals surface area contributed by atoms with E-state index < -0.39 is 0 Å². The van der Waals surface area contributed by atoms with Crippen molar-refractivity contribution in [2.45, 2.75) is 32.9 Å². The lowest BCUT2D eigenvalue weighted by Gasteiger charge is -2.17. The van der Waals surface area contributed by atoms with Gasteiger partial charge in [-0.05, 0) is 25.8 Å². The maximum absolute atomic E-state index is 5.28. The van der Waals surface area contributed by atoms with Gasteiger partial charge in [-0.2, -0.15) is 4.98 Å². The summed E-state index contributed by atoms with van der Waals surface area (Å²) in [4.78, 5) is 11.3. The first-order valence-corrected chi connectivity index (χ1v) is 8.32. The van der Waals surface area contributed by atoms with Gasteiger partial charge in [0.1, 0.15) is 17.0 Å². The maximum atomic E-state index is 5.28. The molecular formula is C18H21N5O. The molecule has 3 aromatic rings. The van der Waals surface area contributed by atoms with Crippen molar-refractivity contribution in [3.05, 3.63) is 47.4 Å². The van der Waals surface area contributed by atoms with Crippen molar-refractivity contribution >= 4 is 16.9 Å². The zero-order chi connectivity index (χ0) is 16.5. The Hall–Kier alpha value is -2.47. The highest BCUT2D eigenvalue weighted by molar-refractivity contribution is 5.87. The second-order valence-corrected chi connectivity index (χ2v) is 6.42. The van der Waals surface area contributed by atoms with Crippen molar-refractivity contribution in [2.24, 2.45) is 0 Å². The van der Waals surface area contributed by atoms with Crippen LogP contribution in [-0.2, 0) is 6.54 Å². The Kier molecular flexibility index (Phi) is 3.90. The summed E-state index contributed by atoms with van der Waals surface area (Å²) in [5, 5.41) is 8.48. The van der Waals surface area contributed by atoms with Crippen LogP contribution in [0.4, 0.5) is 5.82 Å². The second kappa shape index (κ2) is 6.20. The van der Waals surface area contributed by atoms with E-state index in [9.17, 15) is 0 Å². The summed E-state index contributed by atoms with van der Waals surface area (Å²) in [6, 6.07) is 11.0. The summed E-state index contributed by atoms with van der Waals surface area (Å²) < 4.78 is 5.28. The second-order valence-electron chi connectivity index (χ2n) is 6.42. The number of aryl methyl sites for hydroxylation is 2. The molecule has 3 heterocycles. The Morgan fingerprint density at radius 2 is 2.04 bits per heavy atom. The average Bonchev–Trinajstić information content (AvgIpc) is 3.15. The minimum atomic E-state index is 0.375. The molecule has 1 N–H and O–H groups in total. The zero-order valence-electron chi connectivity index (χ0n) is 14.0. The molecule has 0 bridgehead atoms. The highest BCUT2D eigenvalue weighted by Gasteiger charge is 2.24. The van der Waals surface area contributed by atoms with Gasteiger partial charge in [-0.15, -0.1) is 0 Å². The van der Waals surface area contributed by atoms with Gasteiger partial charge in [0, 0.05) is 25.7 Å². The fourth-order valence-corrected chi connectivity index (χ4v) is 3.33. The number of hydrogen-bond acceptors (Lipinski definition) is 6. The number of nitrogens with zero attached hydrogens (tertiary/aromatic N) is 4. The number of aromatic nitrogens is 3. The van der Waals surface area contributed by atoms with Crippen molar-refractivity contribution in [3.8, 4) is 0 Å². The smallest absolute Gasteiger partial charge is 0.263 e. The lowest BCUT2D eigenvalue weighted by Crippen LogP contribution is -2.26. The van der Waals surface area contributed by atoms with E-state index in [0.717, 1.165) is 43.0 Å². The first-order chi connectivity index (χ1) is 11.7. The quantitative estimate of drug-likeness (QED) is 0.796. The van der Waals surface area contributed by atoms with Gasteiger partial charge in [-0.1, -0.05) is 35.5 Å². The van der Waals surface area contributed by atoms with Gasteiger partial charge in [0.25, 0.3) is 5.71 Å². The molecule has 1 fully saturated rings. The number of benzene rings is 1. The summed E-state index contributed by atoms with van der Waals surface area (Å²) >= 11 is 0. The lowest BCUT2D eigenvalue weighted by atomic mass is 10.2. The largest absolute Gasteiger partial charge is 0.365 e. The Balaban J connectivity index is 1.48. The van der Waals surface area contributed by atoms with Crippen molar-refractivity contribution in [1.29, 1.82) is 0 Å². The topological polar surface area (TPSA) is 67.1 Å². The Morgan fingerprint density at radius 3 is 2.88 bits per heavy atom.